The van der Waals surface area contributed by atoms with E-state index in [0.29, 0.717) is 23.0 Å². The third-order valence-electron chi connectivity index (χ3n) is 8.99. The Kier molecular flexibility index (Phi) is 4.32. The molecule has 0 spiro atoms. The van der Waals surface area contributed by atoms with E-state index < -0.39 is 0 Å². The van der Waals surface area contributed by atoms with Gasteiger partial charge in [-0.3, -0.25) is 0 Å². The van der Waals surface area contributed by atoms with E-state index in [9.17, 15) is 5.11 Å². The highest BCUT2D eigenvalue weighted by Crippen LogP contribution is 2.66. The summed E-state index contributed by atoms with van der Waals surface area (Å²) in [5.74, 6) is 3.47. The van der Waals surface area contributed by atoms with E-state index in [4.69, 9.17) is 4.74 Å². The highest BCUT2D eigenvalue weighted by molar-refractivity contribution is 5.09. The molecule has 8 atom stereocenters. The van der Waals surface area contributed by atoms with Crippen molar-refractivity contribution in [2.45, 2.75) is 104 Å². The van der Waals surface area contributed by atoms with Crippen molar-refractivity contribution in [3.8, 4) is 0 Å². The molecule has 4 aliphatic carbocycles. The van der Waals surface area contributed by atoms with Crippen molar-refractivity contribution in [2.75, 3.05) is 0 Å². The van der Waals surface area contributed by atoms with Crippen LogP contribution >= 0.6 is 0 Å². The molecular weight excluding hydrogens is 296 g/mol. The van der Waals surface area contributed by atoms with Gasteiger partial charge in [0.2, 0.25) is 0 Å². The quantitative estimate of drug-likeness (QED) is 0.753. The third kappa shape index (κ3) is 2.50. The van der Waals surface area contributed by atoms with Crippen molar-refractivity contribution in [1.29, 1.82) is 0 Å². The number of hydrogen-bond acceptors (Lipinski definition) is 2. The fourth-order valence-corrected chi connectivity index (χ4v) is 7.74. The molecule has 4 aliphatic rings. The Bertz CT molecular complexity index is 475. The molecule has 0 aromatic carbocycles. The van der Waals surface area contributed by atoms with Crippen LogP contribution in [-0.2, 0) is 4.74 Å². The van der Waals surface area contributed by atoms with Gasteiger partial charge >= 0.3 is 0 Å². The van der Waals surface area contributed by atoms with Crippen LogP contribution in [-0.4, -0.2) is 23.4 Å². The van der Waals surface area contributed by atoms with E-state index in [1.54, 1.807) is 0 Å². The first-order valence-electron chi connectivity index (χ1n) is 10.7. The van der Waals surface area contributed by atoms with Crippen molar-refractivity contribution in [2.24, 2.45) is 34.5 Å². The first-order valence-corrected chi connectivity index (χ1v) is 10.7. The minimum absolute atomic E-state index is 0.0243. The first kappa shape index (κ1) is 17.3. The second-order valence-electron chi connectivity index (χ2n) is 10.4. The van der Waals surface area contributed by atoms with Gasteiger partial charge < -0.3 is 9.84 Å². The van der Waals surface area contributed by atoms with E-state index in [2.05, 4.69) is 27.7 Å². The van der Waals surface area contributed by atoms with Crippen molar-refractivity contribution >= 4 is 0 Å². The minimum atomic E-state index is -0.0243. The van der Waals surface area contributed by atoms with Crippen LogP contribution in [0, 0.1) is 34.5 Å². The van der Waals surface area contributed by atoms with Gasteiger partial charge in [-0.25, -0.2) is 0 Å². The van der Waals surface area contributed by atoms with Crippen LogP contribution in [0.3, 0.4) is 0 Å². The molecule has 0 aromatic rings. The second-order valence-corrected chi connectivity index (χ2v) is 10.4. The van der Waals surface area contributed by atoms with Crippen LogP contribution in [0.4, 0.5) is 0 Å². The summed E-state index contributed by atoms with van der Waals surface area (Å²) < 4.78 is 6.38. The summed E-state index contributed by atoms with van der Waals surface area (Å²) in [4.78, 5) is 0. The van der Waals surface area contributed by atoms with Gasteiger partial charge in [0.05, 0.1) is 18.3 Å². The summed E-state index contributed by atoms with van der Waals surface area (Å²) in [6, 6.07) is 0. The summed E-state index contributed by atoms with van der Waals surface area (Å²) in [5.41, 5.74) is 0.920. The SMILES string of the molecule is CC(C)OC1CCC2C3CCC4CC(O)CCC4(C)C3CCC12C. The lowest BCUT2D eigenvalue weighted by molar-refractivity contribution is -0.146. The molecule has 0 amide bonds. The lowest BCUT2D eigenvalue weighted by Crippen LogP contribution is -2.54. The third-order valence-corrected chi connectivity index (χ3v) is 8.99. The Hall–Kier alpha value is -0.0800. The van der Waals surface area contributed by atoms with E-state index in [0.717, 1.165) is 36.5 Å². The van der Waals surface area contributed by atoms with Gasteiger partial charge in [0.15, 0.2) is 0 Å². The first-order chi connectivity index (χ1) is 11.3. The minimum Gasteiger partial charge on any atom is -0.393 e. The molecule has 2 heteroatoms. The molecule has 8 unspecified atom stereocenters. The molecule has 4 fully saturated rings. The van der Waals surface area contributed by atoms with Crippen molar-refractivity contribution < 1.29 is 9.84 Å². The number of hydrogen-bond donors (Lipinski definition) is 1. The summed E-state index contributed by atoms with van der Waals surface area (Å²) in [6.07, 6.45) is 12.4. The normalized spacial score (nSPS) is 54.2. The standard InChI is InChI=1S/C22H38O2/c1-14(2)24-20-8-7-18-17-6-5-15-13-16(23)9-11-21(15,3)19(17)10-12-22(18,20)4/h14-20,23H,5-13H2,1-4H3. The highest BCUT2D eigenvalue weighted by atomic mass is 16.5. The van der Waals surface area contributed by atoms with Crippen LogP contribution in [0.2, 0.25) is 0 Å². The van der Waals surface area contributed by atoms with Crippen LogP contribution in [0.15, 0.2) is 0 Å². The zero-order valence-electron chi connectivity index (χ0n) is 16.3. The topological polar surface area (TPSA) is 29.5 Å². The molecule has 4 saturated carbocycles. The molecule has 4 rings (SSSR count). The molecular formula is C22H38O2. The van der Waals surface area contributed by atoms with Crippen molar-refractivity contribution in [1.82, 2.24) is 0 Å². The molecule has 2 nitrogen and oxygen atoms in total. The van der Waals surface area contributed by atoms with Crippen LogP contribution in [0.5, 0.6) is 0 Å². The maximum Gasteiger partial charge on any atom is 0.0635 e. The Morgan fingerprint density at radius 2 is 1.58 bits per heavy atom. The summed E-state index contributed by atoms with van der Waals surface area (Å²) in [6.45, 7) is 9.52. The maximum atomic E-state index is 10.2. The van der Waals surface area contributed by atoms with E-state index in [1.165, 1.54) is 44.9 Å². The van der Waals surface area contributed by atoms with Crippen LogP contribution < -0.4 is 0 Å². The molecule has 1 N–H and O–H groups in total. The van der Waals surface area contributed by atoms with Gasteiger partial charge in [-0.05, 0) is 106 Å². The van der Waals surface area contributed by atoms with Gasteiger partial charge in [0.1, 0.15) is 0 Å². The average molecular weight is 335 g/mol. The Morgan fingerprint density at radius 1 is 0.875 bits per heavy atom. The smallest absolute Gasteiger partial charge is 0.0635 e. The number of aliphatic hydroxyl groups is 1. The van der Waals surface area contributed by atoms with E-state index >= 15 is 0 Å². The zero-order chi connectivity index (χ0) is 17.1. The number of ether oxygens (including phenoxy) is 1. The molecule has 24 heavy (non-hydrogen) atoms. The van der Waals surface area contributed by atoms with Crippen molar-refractivity contribution in [3.63, 3.8) is 0 Å². The lowest BCUT2D eigenvalue weighted by Gasteiger charge is -2.60. The van der Waals surface area contributed by atoms with Crippen LogP contribution in [0.1, 0.15) is 85.5 Å². The maximum absolute atomic E-state index is 10.2. The van der Waals surface area contributed by atoms with Gasteiger partial charge in [0, 0.05) is 0 Å². The number of aliphatic hydroxyl groups excluding tert-OH is 1. The van der Waals surface area contributed by atoms with Crippen LogP contribution in [0.25, 0.3) is 0 Å². The molecule has 0 aromatic heterocycles. The average Bonchev–Trinajstić information content (AvgIpc) is 2.84. The predicted molar refractivity (Wildman–Crippen MR) is 97.7 cm³/mol. The molecule has 0 heterocycles. The van der Waals surface area contributed by atoms with E-state index in [1.807, 2.05) is 0 Å². The second kappa shape index (κ2) is 5.98. The fourth-order valence-electron chi connectivity index (χ4n) is 7.74. The molecule has 0 radical (unpaired) electrons. The summed E-state index contributed by atoms with van der Waals surface area (Å²) >= 11 is 0. The highest BCUT2D eigenvalue weighted by Gasteiger charge is 2.60. The zero-order valence-corrected chi connectivity index (χ0v) is 16.3. The monoisotopic (exact) mass is 334 g/mol. The lowest BCUT2D eigenvalue weighted by atomic mass is 9.45. The fraction of sp³-hybridized carbons (Fsp3) is 1.00. The van der Waals surface area contributed by atoms with Gasteiger partial charge in [-0.1, -0.05) is 13.8 Å². The molecule has 0 bridgehead atoms. The van der Waals surface area contributed by atoms with Gasteiger partial charge in [-0.2, -0.15) is 0 Å². The van der Waals surface area contributed by atoms with E-state index in [-0.39, 0.29) is 6.10 Å². The van der Waals surface area contributed by atoms with Gasteiger partial charge in [0.25, 0.3) is 0 Å². The number of rotatable bonds is 2. The largest absolute Gasteiger partial charge is 0.393 e. The number of fused-ring (bicyclic) bond motifs is 5. The Morgan fingerprint density at radius 3 is 2.33 bits per heavy atom. The molecule has 0 saturated heterocycles. The Balaban J connectivity index is 1.56. The molecule has 138 valence electrons. The predicted octanol–water partition coefficient (Wildman–Crippen LogP) is 5.18. The summed E-state index contributed by atoms with van der Waals surface area (Å²) in [5, 5.41) is 10.2. The van der Waals surface area contributed by atoms with Gasteiger partial charge in [-0.15, -0.1) is 0 Å². The van der Waals surface area contributed by atoms with Crippen molar-refractivity contribution in [3.05, 3.63) is 0 Å². The molecule has 0 aliphatic heterocycles. The Labute approximate surface area is 148 Å². The summed E-state index contributed by atoms with van der Waals surface area (Å²) in [7, 11) is 0.